The lowest BCUT2D eigenvalue weighted by Crippen LogP contribution is -2.41. The van der Waals surface area contributed by atoms with Gasteiger partial charge in [-0.2, -0.15) is 11.8 Å². The Kier molecular flexibility index (Phi) is 8.58. The van der Waals surface area contributed by atoms with Gasteiger partial charge in [0.15, 0.2) is 0 Å². The van der Waals surface area contributed by atoms with Crippen molar-refractivity contribution in [2.24, 2.45) is 0 Å². The van der Waals surface area contributed by atoms with Gasteiger partial charge in [0.1, 0.15) is 0 Å². The van der Waals surface area contributed by atoms with E-state index >= 15 is 0 Å². The van der Waals surface area contributed by atoms with E-state index in [4.69, 9.17) is 4.74 Å². The molecule has 0 amide bonds. The van der Waals surface area contributed by atoms with Crippen molar-refractivity contribution in [1.82, 2.24) is 5.32 Å². The van der Waals surface area contributed by atoms with Gasteiger partial charge in [0.25, 0.3) is 0 Å². The Balaban J connectivity index is 3.44. The topological polar surface area (TPSA) is 21.3 Å². The predicted molar refractivity (Wildman–Crippen MR) is 70.8 cm³/mol. The van der Waals surface area contributed by atoms with Gasteiger partial charge in [-0.15, -0.1) is 0 Å². The lowest BCUT2D eigenvalue weighted by molar-refractivity contribution is 0.200. The van der Waals surface area contributed by atoms with E-state index in [0.717, 1.165) is 19.6 Å². The van der Waals surface area contributed by atoms with E-state index in [9.17, 15) is 0 Å². The van der Waals surface area contributed by atoms with Crippen LogP contribution in [-0.4, -0.2) is 36.8 Å². The maximum atomic E-state index is 5.03. The first-order chi connectivity index (χ1) is 7.02. The molecular weight excluding hydrogens is 206 g/mol. The highest BCUT2D eigenvalue weighted by atomic mass is 32.2. The molecular formula is C12H27NOS. The van der Waals surface area contributed by atoms with Crippen LogP contribution >= 0.6 is 11.8 Å². The van der Waals surface area contributed by atoms with Crippen LogP contribution in [-0.2, 0) is 4.74 Å². The van der Waals surface area contributed by atoms with Crippen molar-refractivity contribution in [2.45, 2.75) is 51.3 Å². The van der Waals surface area contributed by atoms with Gasteiger partial charge in [-0.3, -0.25) is 0 Å². The first kappa shape index (κ1) is 15.3. The fourth-order valence-corrected chi connectivity index (χ4v) is 1.98. The van der Waals surface area contributed by atoms with Crippen molar-refractivity contribution in [3.05, 3.63) is 0 Å². The standard InChI is InChI=1S/C12H27NOS/c1-6-12(3,4)13-10-11(2)15-9-7-8-14-5/h11,13H,6-10H2,1-5H3. The highest BCUT2D eigenvalue weighted by Gasteiger charge is 2.14. The highest BCUT2D eigenvalue weighted by Crippen LogP contribution is 2.13. The average Bonchev–Trinajstić information content (AvgIpc) is 2.22. The van der Waals surface area contributed by atoms with Crippen molar-refractivity contribution in [3.63, 3.8) is 0 Å². The van der Waals surface area contributed by atoms with E-state index in [2.05, 4.69) is 33.0 Å². The quantitative estimate of drug-likeness (QED) is 0.619. The van der Waals surface area contributed by atoms with Crippen LogP contribution in [0.5, 0.6) is 0 Å². The van der Waals surface area contributed by atoms with Gasteiger partial charge in [0.2, 0.25) is 0 Å². The molecule has 0 fully saturated rings. The number of ether oxygens (including phenoxy) is 1. The lowest BCUT2D eigenvalue weighted by atomic mass is 10.0. The van der Waals surface area contributed by atoms with Crippen LogP contribution < -0.4 is 5.32 Å². The van der Waals surface area contributed by atoms with Gasteiger partial charge in [-0.1, -0.05) is 13.8 Å². The van der Waals surface area contributed by atoms with Gasteiger partial charge >= 0.3 is 0 Å². The minimum Gasteiger partial charge on any atom is -0.385 e. The molecule has 3 heteroatoms. The van der Waals surface area contributed by atoms with Gasteiger partial charge in [-0.05, 0) is 32.4 Å². The molecule has 1 unspecified atom stereocenters. The van der Waals surface area contributed by atoms with Crippen LogP contribution in [0.2, 0.25) is 0 Å². The van der Waals surface area contributed by atoms with Crippen molar-refractivity contribution < 1.29 is 4.74 Å². The zero-order valence-electron chi connectivity index (χ0n) is 10.9. The maximum absolute atomic E-state index is 5.03. The Labute approximate surface area is 99.5 Å². The lowest BCUT2D eigenvalue weighted by Gasteiger charge is -2.26. The molecule has 0 spiro atoms. The van der Waals surface area contributed by atoms with E-state index in [1.165, 1.54) is 12.2 Å². The molecule has 1 atom stereocenters. The van der Waals surface area contributed by atoms with Crippen LogP contribution in [0.3, 0.4) is 0 Å². The van der Waals surface area contributed by atoms with Crippen LogP contribution in [0.25, 0.3) is 0 Å². The number of methoxy groups -OCH3 is 1. The number of thioether (sulfide) groups is 1. The molecule has 0 saturated carbocycles. The highest BCUT2D eigenvalue weighted by molar-refractivity contribution is 7.99. The second kappa shape index (κ2) is 8.43. The van der Waals surface area contributed by atoms with Gasteiger partial charge in [-0.25, -0.2) is 0 Å². The summed E-state index contributed by atoms with van der Waals surface area (Å²) in [7, 11) is 1.76. The molecule has 0 saturated heterocycles. The number of hydrogen-bond donors (Lipinski definition) is 1. The molecule has 0 heterocycles. The third-order valence-corrected chi connectivity index (χ3v) is 3.91. The van der Waals surface area contributed by atoms with Gasteiger partial charge < -0.3 is 10.1 Å². The van der Waals surface area contributed by atoms with E-state index in [1.54, 1.807) is 7.11 Å². The second-order valence-electron chi connectivity index (χ2n) is 4.65. The molecule has 15 heavy (non-hydrogen) atoms. The fourth-order valence-electron chi connectivity index (χ4n) is 1.09. The molecule has 0 aliphatic rings. The molecule has 0 rings (SSSR count). The first-order valence-corrected chi connectivity index (χ1v) is 6.92. The Morgan fingerprint density at radius 2 is 2.07 bits per heavy atom. The molecule has 0 aliphatic heterocycles. The summed E-state index contributed by atoms with van der Waals surface area (Å²) in [4.78, 5) is 0. The van der Waals surface area contributed by atoms with E-state index in [1.807, 2.05) is 11.8 Å². The number of nitrogens with one attached hydrogen (secondary N) is 1. The molecule has 0 bridgehead atoms. The van der Waals surface area contributed by atoms with Crippen molar-refractivity contribution in [1.29, 1.82) is 0 Å². The van der Waals surface area contributed by atoms with Crippen molar-refractivity contribution >= 4 is 11.8 Å². The summed E-state index contributed by atoms with van der Waals surface area (Å²) in [6.07, 6.45) is 2.33. The molecule has 0 aliphatic carbocycles. The zero-order valence-corrected chi connectivity index (χ0v) is 11.7. The summed E-state index contributed by atoms with van der Waals surface area (Å²) in [5.41, 5.74) is 0.279. The largest absolute Gasteiger partial charge is 0.385 e. The number of rotatable bonds is 9. The normalized spacial score (nSPS) is 14.2. The summed E-state index contributed by atoms with van der Waals surface area (Å²) in [6, 6.07) is 0. The fraction of sp³-hybridized carbons (Fsp3) is 1.00. The summed E-state index contributed by atoms with van der Waals surface area (Å²) in [5.74, 6) is 1.20. The van der Waals surface area contributed by atoms with Gasteiger partial charge in [0, 0.05) is 31.1 Å². The first-order valence-electron chi connectivity index (χ1n) is 5.87. The van der Waals surface area contributed by atoms with E-state index in [-0.39, 0.29) is 5.54 Å². The summed E-state index contributed by atoms with van der Waals surface area (Å²) < 4.78 is 5.03. The molecule has 0 aromatic carbocycles. The molecule has 92 valence electrons. The molecule has 0 aromatic heterocycles. The summed E-state index contributed by atoms with van der Waals surface area (Å²) in [5, 5.41) is 4.28. The zero-order chi connectivity index (χ0) is 11.7. The summed E-state index contributed by atoms with van der Waals surface area (Å²) >= 11 is 2.03. The SMILES string of the molecule is CCC(C)(C)NCC(C)SCCCOC. The van der Waals surface area contributed by atoms with E-state index < -0.39 is 0 Å². The third kappa shape index (κ3) is 9.21. The minimum atomic E-state index is 0.279. The van der Waals surface area contributed by atoms with E-state index in [0.29, 0.717) is 5.25 Å². The Hall–Kier alpha value is 0.270. The predicted octanol–water partition coefficient (Wildman–Crippen LogP) is 2.92. The average molecular weight is 233 g/mol. The second-order valence-corrected chi connectivity index (χ2v) is 6.19. The Bertz CT molecular complexity index is 151. The van der Waals surface area contributed by atoms with Crippen LogP contribution in [0, 0.1) is 0 Å². The molecule has 1 N–H and O–H groups in total. The van der Waals surface area contributed by atoms with Crippen LogP contribution in [0.4, 0.5) is 0 Å². The maximum Gasteiger partial charge on any atom is 0.0470 e. The van der Waals surface area contributed by atoms with Crippen molar-refractivity contribution in [2.75, 3.05) is 26.0 Å². The Morgan fingerprint density at radius 3 is 2.60 bits per heavy atom. The molecule has 2 nitrogen and oxygen atoms in total. The Morgan fingerprint density at radius 1 is 1.40 bits per heavy atom. The summed E-state index contributed by atoms with van der Waals surface area (Å²) in [6.45, 7) is 11.0. The van der Waals surface area contributed by atoms with Crippen LogP contribution in [0.1, 0.15) is 40.5 Å². The monoisotopic (exact) mass is 233 g/mol. The van der Waals surface area contributed by atoms with Gasteiger partial charge in [0.05, 0.1) is 0 Å². The number of hydrogen-bond acceptors (Lipinski definition) is 3. The third-order valence-electron chi connectivity index (χ3n) is 2.65. The van der Waals surface area contributed by atoms with Crippen molar-refractivity contribution in [3.8, 4) is 0 Å². The van der Waals surface area contributed by atoms with Crippen LogP contribution in [0.15, 0.2) is 0 Å². The molecule has 0 radical (unpaired) electrons. The molecule has 0 aromatic rings. The minimum absolute atomic E-state index is 0.279. The smallest absolute Gasteiger partial charge is 0.0470 e.